The molecule has 3 rings (SSSR count). The molecule has 0 radical (unpaired) electrons. The second-order valence-corrected chi connectivity index (χ2v) is 7.65. The first kappa shape index (κ1) is 24.2. The van der Waals surface area contributed by atoms with Gasteiger partial charge in [0.2, 0.25) is 0 Å². The van der Waals surface area contributed by atoms with Gasteiger partial charge in [-0.25, -0.2) is 4.99 Å². The molecular weight excluding hydrogens is 489 g/mol. The largest absolute Gasteiger partial charge is 0.496 e. The smallest absolute Gasteiger partial charge is 0.191 e. The van der Waals surface area contributed by atoms with E-state index in [0.717, 1.165) is 54.6 Å². The van der Waals surface area contributed by atoms with Crippen LogP contribution in [0, 0.1) is 20.8 Å². The van der Waals surface area contributed by atoms with Gasteiger partial charge in [0.25, 0.3) is 0 Å². The van der Waals surface area contributed by atoms with E-state index in [-0.39, 0.29) is 24.0 Å². The van der Waals surface area contributed by atoms with Gasteiger partial charge in [-0.3, -0.25) is 4.98 Å². The van der Waals surface area contributed by atoms with Gasteiger partial charge in [0, 0.05) is 48.7 Å². The van der Waals surface area contributed by atoms with Crippen LogP contribution in [0.15, 0.2) is 35.5 Å². The normalized spacial score (nSPS) is 16.2. The number of hydrogen-bond donors (Lipinski definition) is 2. The van der Waals surface area contributed by atoms with E-state index in [9.17, 15) is 0 Å². The lowest BCUT2D eigenvalue weighted by molar-refractivity contribution is 0.407. The third-order valence-electron chi connectivity index (χ3n) is 5.41. The predicted octanol–water partition coefficient (Wildman–Crippen LogP) is 3.97. The molecule has 164 valence electrons. The van der Waals surface area contributed by atoms with Crippen LogP contribution in [-0.4, -0.2) is 43.7 Å². The first-order valence-electron chi connectivity index (χ1n) is 10.4. The van der Waals surface area contributed by atoms with E-state index in [0.29, 0.717) is 12.6 Å². The Hall–Kier alpha value is -2.03. The van der Waals surface area contributed by atoms with Crippen molar-refractivity contribution in [2.75, 3.05) is 31.6 Å². The number of aryl methyl sites for hydroxylation is 2. The number of anilines is 1. The molecule has 0 bridgehead atoms. The van der Waals surface area contributed by atoms with Crippen LogP contribution in [0.25, 0.3) is 0 Å². The molecule has 7 heteroatoms. The van der Waals surface area contributed by atoms with E-state index in [1.165, 1.54) is 11.3 Å². The summed E-state index contributed by atoms with van der Waals surface area (Å²) in [6, 6.07) is 9.13. The van der Waals surface area contributed by atoms with Crippen LogP contribution in [0.5, 0.6) is 5.75 Å². The monoisotopic (exact) mass is 523 g/mol. The minimum Gasteiger partial charge on any atom is -0.496 e. The van der Waals surface area contributed by atoms with Crippen molar-refractivity contribution in [1.29, 1.82) is 0 Å². The van der Waals surface area contributed by atoms with Crippen LogP contribution in [-0.2, 0) is 6.54 Å². The lowest BCUT2D eigenvalue weighted by Gasteiger charge is -2.20. The highest BCUT2D eigenvalue weighted by atomic mass is 127. The summed E-state index contributed by atoms with van der Waals surface area (Å²) in [5, 5.41) is 6.96. The van der Waals surface area contributed by atoms with Gasteiger partial charge in [0.1, 0.15) is 5.75 Å². The number of nitrogens with zero attached hydrogens (tertiary/aromatic N) is 3. The van der Waals surface area contributed by atoms with Crippen molar-refractivity contribution in [2.24, 2.45) is 4.99 Å². The summed E-state index contributed by atoms with van der Waals surface area (Å²) in [7, 11) is 1.70. The van der Waals surface area contributed by atoms with E-state index < -0.39 is 0 Å². The van der Waals surface area contributed by atoms with Gasteiger partial charge in [-0.05, 0) is 46.2 Å². The molecule has 1 aromatic carbocycles. The maximum Gasteiger partial charge on any atom is 0.191 e. The number of nitrogens with one attached hydrogen (secondary N) is 2. The van der Waals surface area contributed by atoms with Crippen molar-refractivity contribution in [3.05, 3.63) is 52.8 Å². The summed E-state index contributed by atoms with van der Waals surface area (Å²) < 4.78 is 5.51. The van der Waals surface area contributed by atoms with Crippen LogP contribution in [0.4, 0.5) is 5.69 Å². The minimum absolute atomic E-state index is 0. The number of ether oxygens (including phenoxy) is 1. The van der Waals surface area contributed by atoms with Gasteiger partial charge < -0.3 is 20.3 Å². The molecule has 30 heavy (non-hydrogen) atoms. The molecule has 1 unspecified atom stereocenters. The van der Waals surface area contributed by atoms with E-state index in [1.54, 1.807) is 7.11 Å². The highest BCUT2D eigenvalue weighted by molar-refractivity contribution is 14.0. The molecular formula is C23H34IN5O. The molecule has 1 aromatic heterocycles. The van der Waals surface area contributed by atoms with Crippen molar-refractivity contribution < 1.29 is 4.74 Å². The zero-order chi connectivity index (χ0) is 20.8. The summed E-state index contributed by atoms with van der Waals surface area (Å²) >= 11 is 0. The standard InChI is InChI=1S/C23H33N5O.HI/c1-6-24-23(26-14-21-18(4)22(29-5)17(3)13-25-21)27-19-11-12-28(15-19)20-9-7-16(2)8-10-20;/h7-10,13,19H,6,11-12,14-15H2,1-5H3,(H2,24,26,27);1H. The molecule has 1 saturated heterocycles. The van der Waals surface area contributed by atoms with Crippen LogP contribution in [0.3, 0.4) is 0 Å². The molecule has 1 fully saturated rings. The highest BCUT2D eigenvalue weighted by Gasteiger charge is 2.23. The Labute approximate surface area is 197 Å². The molecule has 0 saturated carbocycles. The van der Waals surface area contributed by atoms with Gasteiger partial charge in [-0.2, -0.15) is 0 Å². The number of pyridine rings is 1. The Morgan fingerprint density at radius 1 is 1.23 bits per heavy atom. The fourth-order valence-corrected chi connectivity index (χ4v) is 3.77. The van der Waals surface area contributed by atoms with Crippen molar-refractivity contribution in [1.82, 2.24) is 15.6 Å². The second kappa shape index (κ2) is 11.4. The Morgan fingerprint density at radius 2 is 1.97 bits per heavy atom. The maximum atomic E-state index is 5.51. The number of guanidine groups is 1. The van der Waals surface area contributed by atoms with Crippen LogP contribution < -0.4 is 20.3 Å². The number of aliphatic imine (C=N–C) groups is 1. The molecule has 6 nitrogen and oxygen atoms in total. The van der Waals surface area contributed by atoms with Crippen molar-refractivity contribution in [3.63, 3.8) is 0 Å². The zero-order valence-corrected chi connectivity index (χ0v) is 21.0. The number of halogens is 1. The number of benzene rings is 1. The molecule has 1 atom stereocenters. The van der Waals surface area contributed by atoms with Crippen molar-refractivity contribution in [3.8, 4) is 5.75 Å². The molecule has 1 aliphatic heterocycles. The van der Waals surface area contributed by atoms with E-state index in [4.69, 9.17) is 9.73 Å². The second-order valence-electron chi connectivity index (χ2n) is 7.65. The topological polar surface area (TPSA) is 61.8 Å². The minimum atomic E-state index is 0. The Kier molecular flexibility index (Phi) is 9.20. The molecule has 2 heterocycles. The Bertz CT molecular complexity index is 853. The average Bonchev–Trinajstić information content (AvgIpc) is 3.17. The molecule has 2 aromatic rings. The van der Waals surface area contributed by atoms with Crippen LogP contribution >= 0.6 is 24.0 Å². The highest BCUT2D eigenvalue weighted by Crippen LogP contribution is 2.24. The number of hydrogen-bond acceptors (Lipinski definition) is 4. The van der Waals surface area contributed by atoms with Gasteiger partial charge in [0.05, 0.1) is 19.3 Å². The SMILES string of the molecule is CCNC(=NCc1ncc(C)c(OC)c1C)NC1CCN(c2ccc(C)cc2)C1.I. The first-order valence-corrected chi connectivity index (χ1v) is 10.4. The number of methoxy groups -OCH3 is 1. The van der Waals surface area contributed by atoms with Gasteiger partial charge in [0.15, 0.2) is 5.96 Å². The van der Waals surface area contributed by atoms with Crippen LogP contribution in [0.2, 0.25) is 0 Å². The third-order valence-corrected chi connectivity index (χ3v) is 5.41. The number of aromatic nitrogens is 1. The predicted molar refractivity (Wildman–Crippen MR) is 135 cm³/mol. The summed E-state index contributed by atoms with van der Waals surface area (Å²) in [5.41, 5.74) is 5.62. The summed E-state index contributed by atoms with van der Waals surface area (Å²) in [4.78, 5) is 11.8. The first-order chi connectivity index (χ1) is 14.0. The van der Waals surface area contributed by atoms with E-state index >= 15 is 0 Å². The van der Waals surface area contributed by atoms with Crippen molar-refractivity contribution in [2.45, 2.75) is 46.7 Å². The maximum absolute atomic E-state index is 5.51. The molecule has 2 N–H and O–H groups in total. The van der Waals surface area contributed by atoms with Crippen molar-refractivity contribution >= 4 is 35.6 Å². The molecule has 1 aliphatic rings. The van der Waals surface area contributed by atoms with Gasteiger partial charge in [-0.1, -0.05) is 17.7 Å². The summed E-state index contributed by atoms with van der Waals surface area (Å²) in [6.45, 7) is 11.6. The van der Waals surface area contributed by atoms with Gasteiger partial charge >= 0.3 is 0 Å². The Morgan fingerprint density at radius 3 is 2.63 bits per heavy atom. The molecule has 0 spiro atoms. The fourth-order valence-electron chi connectivity index (χ4n) is 3.77. The Balaban J connectivity index is 0.00000320. The average molecular weight is 523 g/mol. The van der Waals surface area contributed by atoms with E-state index in [2.05, 4.69) is 58.6 Å². The molecule has 0 aliphatic carbocycles. The molecule has 0 amide bonds. The van der Waals surface area contributed by atoms with Gasteiger partial charge in [-0.15, -0.1) is 24.0 Å². The fraction of sp³-hybridized carbons (Fsp3) is 0.478. The zero-order valence-electron chi connectivity index (χ0n) is 18.7. The summed E-state index contributed by atoms with van der Waals surface area (Å²) in [6.07, 6.45) is 2.95. The summed E-state index contributed by atoms with van der Waals surface area (Å²) in [5.74, 6) is 1.73. The lowest BCUT2D eigenvalue weighted by atomic mass is 10.1. The van der Waals surface area contributed by atoms with Crippen LogP contribution in [0.1, 0.15) is 35.7 Å². The lowest BCUT2D eigenvalue weighted by Crippen LogP contribution is -2.44. The third kappa shape index (κ3) is 6.00. The number of rotatable bonds is 6. The van der Waals surface area contributed by atoms with E-state index in [1.807, 2.05) is 20.0 Å². The quantitative estimate of drug-likeness (QED) is 0.341.